The number of rotatable bonds is 4. The minimum Gasteiger partial charge on any atom is -0.507 e. The third kappa shape index (κ3) is 3.66. The van der Waals surface area contributed by atoms with Gasteiger partial charge in [-0.15, -0.1) is 0 Å². The lowest BCUT2D eigenvalue weighted by molar-refractivity contribution is 0.249. The minimum atomic E-state index is -0.0619. The van der Waals surface area contributed by atoms with E-state index in [2.05, 4.69) is 50.7 Å². The van der Waals surface area contributed by atoms with E-state index in [1.165, 1.54) is 5.56 Å². The zero-order valence-corrected chi connectivity index (χ0v) is 14.2. The normalized spacial score (nSPS) is 13.4. The molecule has 0 bridgehead atoms. The lowest BCUT2D eigenvalue weighted by Gasteiger charge is -2.27. The molecule has 0 amide bonds. The Morgan fingerprint density at radius 1 is 1.18 bits per heavy atom. The molecular formula is C19H26N2O. The van der Waals surface area contributed by atoms with Crippen molar-refractivity contribution >= 4 is 0 Å². The van der Waals surface area contributed by atoms with Crippen LogP contribution in [0, 0.1) is 0 Å². The average Bonchev–Trinajstić information content (AvgIpc) is 2.48. The number of hydrogen-bond acceptors (Lipinski definition) is 3. The summed E-state index contributed by atoms with van der Waals surface area (Å²) in [6, 6.07) is 10.3. The molecule has 2 aromatic rings. The monoisotopic (exact) mass is 298 g/mol. The summed E-state index contributed by atoms with van der Waals surface area (Å²) in [6.45, 7) is 9.21. The quantitative estimate of drug-likeness (QED) is 0.915. The molecule has 3 heteroatoms. The van der Waals surface area contributed by atoms with Gasteiger partial charge < -0.3 is 5.11 Å². The Labute approximate surface area is 133 Å². The first-order chi connectivity index (χ1) is 10.3. The van der Waals surface area contributed by atoms with Crippen molar-refractivity contribution in [2.75, 3.05) is 7.05 Å². The smallest absolute Gasteiger partial charge is 0.123 e. The summed E-state index contributed by atoms with van der Waals surface area (Å²) in [4.78, 5) is 6.40. The maximum absolute atomic E-state index is 10.6. The van der Waals surface area contributed by atoms with E-state index in [4.69, 9.17) is 0 Å². The van der Waals surface area contributed by atoms with Crippen molar-refractivity contribution in [3.05, 3.63) is 59.4 Å². The molecule has 0 aliphatic rings. The molecule has 2 rings (SSSR count). The number of benzene rings is 1. The van der Waals surface area contributed by atoms with Crippen LogP contribution in [0.4, 0.5) is 0 Å². The molecule has 0 aliphatic heterocycles. The molecule has 3 nitrogen and oxygen atoms in total. The molecule has 1 N–H and O–H groups in total. The Bertz CT molecular complexity index is 617. The molecule has 0 unspecified atom stereocenters. The number of aromatic hydroxyl groups is 1. The molecule has 0 fully saturated rings. The minimum absolute atomic E-state index is 0.0619. The Balaban J connectivity index is 2.21. The van der Waals surface area contributed by atoms with Gasteiger partial charge in [-0.25, -0.2) is 0 Å². The number of pyridine rings is 1. The van der Waals surface area contributed by atoms with Gasteiger partial charge in [0.25, 0.3) is 0 Å². The molecule has 1 heterocycles. The summed E-state index contributed by atoms with van der Waals surface area (Å²) in [5.74, 6) is 0.417. The second kappa shape index (κ2) is 6.49. The lowest BCUT2D eigenvalue weighted by atomic mass is 9.85. The number of para-hydroxylation sites is 1. The van der Waals surface area contributed by atoms with Gasteiger partial charge in [0.2, 0.25) is 0 Å². The molecule has 22 heavy (non-hydrogen) atoms. The summed E-state index contributed by atoms with van der Waals surface area (Å²) in [6.07, 6.45) is 3.68. The zero-order chi connectivity index (χ0) is 16.3. The molecule has 0 saturated heterocycles. The van der Waals surface area contributed by atoms with Crippen molar-refractivity contribution in [2.45, 2.75) is 45.7 Å². The van der Waals surface area contributed by atoms with Crippen LogP contribution in [0.3, 0.4) is 0 Å². The third-order valence-corrected chi connectivity index (χ3v) is 4.18. The van der Waals surface area contributed by atoms with Crippen LogP contribution in [-0.4, -0.2) is 22.0 Å². The third-order valence-electron chi connectivity index (χ3n) is 4.18. The van der Waals surface area contributed by atoms with Crippen LogP contribution in [0.25, 0.3) is 0 Å². The molecule has 0 aliphatic carbocycles. The average molecular weight is 298 g/mol. The van der Waals surface area contributed by atoms with Gasteiger partial charge in [-0.05, 0) is 36.6 Å². The summed E-state index contributed by atoms with van der Waals surface area (Å²) >= 11 is 0. The van der Waals surface area contributed by atoms with Crippen LogP contribution < -0.4 is 0 Å². The van der Waals surface area contributed by atoms with E-state index in [-0.39, 0.29) is 11.5 Å². The number of aromatic nitrogens is 1. The SMILES string of the molecule is C[C@H](c1cccnc1)N(C)Cc1cccc(C(C)(C)C)c1O. The number of nitrogens with zero attached hydrogens (tertiary/aromatic N) is 2. The molecule has 0 saturated carbocycles. The molecule has 1 atom stereocenters. The van der Waals surface area contributed by atoms with Crippen LogP contribution in [0.2, 0.25) is 0 Å². The van der Waals surface area contributed by atoms with E-state index in [0.29, 0.717) is 12.3 Å². The van der Waals surface area contributed by atoms with Gasteiger partial charge in [-0.1, -0.05) is 45.0 Å². The zero-order valence-electron chi connectivity index (χ0n) is 14.2. The second-order valence-corrected chi connectivity index (χ2v) is 6.94. The van der Waals surface area contributed by atoms with Crippen LogP contribution >= 0.6 is 0 Å². The Morgan fingerprint density at radius 2 is 1.91 bits per heavy atom. The van der Waals surface area contributed by atoms with Gasteiger partial charge in [0.15, 0.2) is 0 Å². The van der Waals surface area contributed by atoms with Gasteiger partial charge in [0.05, 0.1) is 0 Å². The van der Waals surface area contributed by atoms with Crippen molar-refractivity contribution in [1.29, 1.82) is 0 Å². The van der Waals surface area contributed by atoms with E-state index in [0.717, 1.165) is 11.1 Å². The fourth-order valence-electron chi connectivity index (χ4n) is 2.61. The van der Waals surface area contributed by atoms with E-state index in [1.54, 1.807) is 6.20 Å². The number of phenolic OH excluding ortho intramolecular Hbond substituents is 1. The van der Waals surface area contributed by atoms with E-state index in [1.807, 2.05) is 30.5 Å². The highest BCUT2D eigenvalue weighted by Gasteiger charge is 2.21. The highest BCUT2D eigenvalue weighted by molar-refractivity contribution is 5.44. The highest BCUT2D eigenvalue weighted by atomic mass is 16.3. The Hall–Kier alpha value is -1.87. The molecular weight excluding hydrogens is 272 g/mol. The van der Waals surface area contributed by atoms with Crippen molar-refractivity contribution < 1.29 is 5.11 Å². The maximum Gasteiger partial charge on any atom is 0.123 e. The first-order valence-corrected chi connectivity index (χ1v) is 7.72. The summed E-state index contributed by atoms with van der Waals surface area (Å²) in [5.41, 5.74) is 3.07. The summed E-state index contributed by atoms with van der Waals surface area (Å²) in [5, 5.41) is 10.6. The number of hydrogen-bond donors (Lipinski definition) is 1. The first-order valence-electron chi connectivity index (χ1n) is 7.72. The van der Waals surface area contributed by atoms with Crippen LogP contribution in [0.1, 0.15) is 50.4 Å². The van der Waals surface area contributed by atoms with Gasteiger partial charge in [-0.2, -0.15) is 0 Å². The Morgan fingerprint density at radius 3 is 2.50 bits per heavy atom. The summed E-state index contributed by atoms with van der Waals surface area (Å²) < 4.78 is 0. The number of phenols is 1. The van der Waals surface area contributed by atoms with E-state index >= 15 is 0 Å². The highest BCUT2D eigenvalue weighted by Crippen LogP contribution is 2.34. The van der Waals surface area contributed by atoms with E-state index in [9.17, 15) is 5.11 Å². The maximum atomic E-state index is 10.6. The largest absolute Gasteiger partial charge is 0.507 e. The van der Waals surface area contributed by atoms with Crippen LogP contribution in [0.15, 0.2) is 42.7 Å². The van der Waals surface area contributed by atoms with Crippen molar-refractivity contribution in [2.24, 2.45) is 0 Å². The van der Waals surface area contributed by atoms with Crippen LogP contribution in [-0.2, 0) is 12.0 Å². The lowest BCUT2D eigenvalue weighted by Crippen LogP contribution is -2.22. The predicted octanol–water partition coefficient (Wildman–Crippen LogP) is 4.28. The fraction of sp³-hybridized carbons (Fsp3) is 0.421. The topological polar surface area (TPSA) is 36.4 Å². The van der Waals surface area contributed by atoms with Gasteiger partial charge >= 0.3 is 0 Å². The predicted molar refractivity (Wildman–Crippen MR) is 90.9 cm³/mol. The van der Waals surface area contributed by atoms with Gasteiger partial charge in [-0.3, -0.25) is 9.88 Å². The summed E-state index contributed by atoms with van der Waals surface area (Å²) in [7, 11) is 2.07. The first kappa shape index (κ1) is 16.5. The standard InChI is InChI=1S/C19H26N2O/c1-14(15-9-7-11-20-12-15)21(5)13-16-8-6-10-17(18(16)22)19(2,3)4/h6-12,14,22H,13H2,1-5H3/t14-/m1/s1. The molecule has 1 aromatic heterocycles. The Kier molecular flexibility index (Phi) is 4.87. The molecule has 118 valence electrons. The van der Waals surface area contributed by atoms with Crippen molar-refractivity contribution in [3.8, 4) is 5.75 Å². The van der Waals surface area contributed by atoms with Gasteiger partial charge in [0, 0.05) is 30.5 Å². The second-order valence-electron chi connectivity index (χ2n) is 6.94. The van der Waals surface area contributed by atoms with Crippen LogP contribution in [0.5, 0.6) is 5.75 Å². The van der Waals surface area contributed by atoms with Crippen molar-refractivity contribution in [3.63, 3.8) is 0 Å². The molecule has 0 radical (unpaired) electrons. The molecule has 1 aromatic carbocycles. The fourth-order valence-corrected chi connectivity index (χ4v) is 2.61. The van der Waals surface area contributed by atoms with Crippen molar-refractivity contribution in [1.82, 2.24) is 9.88 Å². The molecule has 0 spiro atoms. The van der Waals surface area contributed by atoms with E-state index < -0.39 is 0 Å². The van der Waals surface area contributed by atoms with Gasteiger partial charge in [0.1, 0.15) is 5.75 Å².